The highest BCUT2D eigenvalue weighted by Gasteiger charge is 2.23. The third-order valence-electron chi connectivity index (χ3n) is 5.58. The molecule has 0 saturated carbocycles. The van der Waals surface area contributed by atoms with Crippen LogP contribution in [0.25, 0.3) is 21.9 Å². The number of hydrogen-bond donors (Lipinski definition) is 2. The molecular formula is C22H27N3O5S. The second-order valence-corrected chi connectivity index (χ2v) is 9.89. The van der Waals surface area contributed by atoms with Crippen molar-refractivity contribution in [2.75, 3.05) is 44.9 Å². The summed E-state index contributed by atoms with van der Waals surface area (Å²) in [6.07, 6.45) is 3.03. The van der Waals surface area contributed by atoms with Gasteiger partial charge >= 0.3 is 0 Å². The van der Waals surface area contributed by atoms with E-state index in [-0.39, 0.29) is 18.4 Å². The van der Waals surface area contributed by atoms with Crippen LogP contribution in [-0.4, -0.2) is 58.8 Å². The van der Waals surface area contributed by atoms with E-state index in [0.717, 1.165) is 42.0 Å². The van der Waals surface area contributed by atoms with Crippen molar-refractivity contribution in [1.29, 1.82) is 0 Å². The topological polar surface area (TPSA) is 101 Å². The molecule has 2 heterocycles. The lowest BCUT2D eigenvalue weighted by atomic mass is 9.98. The molecule has 1 atom stereocenters. The van der Waals surface area contributed by atoms with E-state index < -0.39 is 10.0 Å². The Morgan fingerprint density at radius 3 is 2.81 bits per heavy atom. The molecule has 9 heteroatoms. The molecule has 8 nitrogen and oxygen atoms in total. The fourth-order valence-electron chi connectivity index (χ4n) is 4.14. The predicted molar refractivity (Wildman–Crippen MR) is 121 cm³/mol. The largest absolute Gasteiger partial charge is 0.495 e. The van der Waals surface area contributed by atoms with E-state index in [1.54, 1.807) is 13.2 Å². The fraction of sp³-hybridized carbons (Fsp3) is 0.409. The molecular weight excluding hydrogens is 418 g/mol. The first-order valence-corrected chi connectivity index (χ1v) is 12.2. The van der Waals surface area contributed by atoms with Crippen LogP contribution >= 0.6 is 0 Å². The van der Waals surface area contributed by atoms with Crippen LogP contribution in [-0.2, 0) is 14.8 Å². The van der Waals surface area contributed by atoms with Crippen LogP contribution in [0, 0.1) is 5.92 Å². The SMILES string of the molecule is COc1cc2c(cc1NC(=O)CN1CCC[C@H](CNS(C)(=O)=O)C1)oc1ccccc12. The number of benzene rings is 2. The lowest BCUT2D eigenvalue weighted by Crippen LogP contribution is -2.43. The van der Waals surface area contributed by atoms with Gasteiger partial charge in [-0.25, -0.2) is 13.1 Å². The molecule has 31 heavy (non-hydrogen) atoms. The van der Waals surface area contributed by atoms with Crippen molar-refractivity contribution in [3.05, 3.63) is 36.4 Å². The lowest BCUT2D eigenvalue weighted by molar-refractivity contribution is -0.117. The van der Waals surface area contributed by atoms with Crippen molar-refractivity contribution in [3.63, 3.8) is 0 Å². The predicted octanol–water partition coefficient (Wildman–Crippen LogP) is 2.79. The highest BCUT2D eigenvalue weighted by molar-refractivity contribution is 7.88. The molecule has 0 spiro atoms. The minimum Gasteiger partial charge on any atom is -0.495 e. The van der Waals surface area contributed by atoms with E-state index in [9.17, 15) is 13.2 Å². The standard InChI is InChI=1S/C22H27N3O5S/c1-29-21-10-17-16-7-3-4-8-19(16)30-20(17)11-18(21)24-22(26)14-25-9-5-6-15(13-25)12-23-31(2,27)28/h3-4,7-8,10-11,15,23H,5-6,9,12-14H2,1-2H3,(H,24,26)/t15-/m1/s1. The summed E-state index contributed by atoms with van der Waals surface area (Å²) in [6, 6.07) is 11.4. The molecule has 1 aliphatic rings. The number of nitrogens with zero attached hydrogens (tertiary/aromatic N) is 1. The van der Waals surface area contributed by atoms with Gasteiger partial charge in [-0.2, -0.15) is 0 Å². The van der Waals surface area contributed by atoms with Gasteiger partial charge in [0.1, 0.15) is 16.9 Å². The molecule has 4 rings (SSSR count). The van der Waals surface area contributed by atoms with Gasteiger partial charge in [0.15, 0.2) is 0 Å². The molecule has 0 aliphatic carbocycles. The first-order chi connectivity index (χ1) is 14.8. The maximum atomic E-state index is 12.7. The second kappa shape index (κ2) is 8.86. The Morgan fingerprint density at radius 2 is 2.03 bits per heavy atom. The normalized spacial score (nSPS) is 17.8. The molecule has 0 unspecified atom stereocenters. The molecule has 2 N–H and O–H groups in total. The summed E-state index contributed by atoms with van der Waals surface area (Å²) in [4.78, 5) is 14.8. The summed E-state index contributed by atoms with van der Waals surface area (Å²) in [7, 11) is -1.64. The number of nitrogens with one attached hydrogen (secondary N) is 2. The number of amides is 1. The van der Waals surface area contributed by atoms with Crippen molar-refractivity contribution in [2.45, 2.75) is 12.8 Å². The molecule has 0 bridgehead atoms. The number of hydrogen-bond acceptors (Lipinski definition) is 6. The maximum Gasteiger partial charge on any atom is 0.238 e. The number of rotatable bonds is 7. The highest BCUT2D eigenvalue weighted by atomic mass is 32.2. The first kappa shape index (κ1) is 21.6. The molecule has 1 saturated heterocycles. The number of carbonyl (C=O) groups excluding carboxylic acids is 1. The van der Waals surface area contributed by atoms with Crippen molar-refractivity contribution in [2.24, 2.45) is 5.92 Å². The molecule has 1 fully saturated rings. The van der Waals surface area contributed by atoms with Crippen LogP contribution in [0.5, 0.6) is 5.75 Å². The number of ether oxygens (including phenoxy) is 1. The average molecular weight is 446 g/mol. The van der Waals surface area contributed by atoms with E-state index in [1.165, 1.54) is 0 Å². The highest BCUT2D eigenvalue weighted by Crippen LogP contribution is 2.36. The van der Waals surface area contributed by atoms with Crippen LogP contribution < -0.4 is 14.8 Å². The second-order valence-electron chi connectivity index (χ2n) is 8.06. The smallest absolute Gasteiger partial charge is 0.238 e. The summed E-state index contributed by atoms with van der Waals surface area (Å²) in [5.41, 5.74) is 2.03. The fourth-order valence-corrected chi connectivity index (χ4v) is 4.68. The van der Waals surface area contributed by atoms with E-state index in [1.807, 2.05) is 30.3 Å². The monoisotopic (exact) mass is 445 g/mol. The Morgan fingerprint density at radius 1 is 1.23 bits per heavy atom. The number of methoxy groups -OCH3 is 1. The minimum absolute atomic E-state index is 0.148. The molecule has 166 valence electrons. The van der Waals surface area contributed by atoms with Crippen LogP contribution in [0.4, 0.5) is 5.69 Å². The summed E-state index contributed by atoms with van der Waals surface area (Å²) in [5, 5.41) is 4.87. The number of piperidine rings is 1. The van der Waals surface area contributed by atoms with Crippen LogP contribution in [0.15, 0.2) is 40.8 Å². The molecule has 1 aromatic heterocycles. The Kier molecular flexibility index (Phi) is 6.17. The molecule has 1 aliphatic heterocycles. The Hall–Kier alpha value is -2.62. The van der Waals surface area contributed by atoms with Crippen LogP contribution in [0.3, 0.4) is 0 Å². The van der Waals surface area contributed by atoms with Crippen LogP contribution in [0.1, 0.15) is 12.8 Å². The molecule has 0 radical (unpaired) electrons. The third kappa shape index (κ3) is 5.17. The summed E-state index contributed by atoms with van der Waals surface area (Å²) in [6.45, 7) is 2.11. The third-order valence-corrected chi connectivity index (χ3v) is 6.27. The quantitative estimate of drug-likeness (QED) is 0.580. The average Bonchev–Trinajstić information content (AvgIpc) is 3.08. The zero-order valence-corrected chi connectivity index (χ0v) is 18.5. The number of likely N-dealkylation sites (tertiary alicyclic amines) is 1. The summed E-state index contributed by atoms with van der Waals surface area (Å²) < 4.78 is 36.7. The van der Waals surface area contributed by atoms with Crippen molar-refractivity contribution in [1.82, 2.24) is 9.62 Å². The van der Waals surface area contributed by atoms with Crippen LogP contribution in [0.2, 0.25) is 0 Å². The van der Waals surface area contributed by atoms with Gasteiger partial charge < -0.3 is 14.5 Å². The van der Waals surface area contributed by atoms with E-state index >= 15 is 0 Å². The van der Waals surface area contributed by atoms with E-state index in [0.29, 0.717) is 30.1 Å². The zero-order valence-electron chi connectivity index (χ0n) is 17.7. The Balaban J connectivity index is 1.44. The minimum atomic E-state index is -3.21. The summed E-state index contributed by atoms with van der Waals surface area (Å²) in [5.74, 6) is 0.615. The van der Waals surface area contributed by atoms with Crippen molar-refractivity contribution in [3.8, 4) is 5.75 Å². The number of fused-ring (bicyclic) bond motifs is 3. The number of anilines is 1. The van der Waals surface area contributed by atoms with Gasteiger partial charge in [0.2, 0.25) is 15.9 Å². The number of sulfonamides is 1. The molecule has 2 aromatic carbocycles. The Labute approximate surface area is 181 Å². The van der Waals surface area contributed by atoms with Crippen molar-refractivity contribution >= 4 is 43.6 Å². The maximum absolute atomic E-state index is 12.7. The van der Waals surface area contributed by atoms with E-state index in [2.05, 4.69) is 14.9 Å². The number of furan rings is 1. The van der Waals surface area contributed by atoms with Gasteiger partial charge in [-0.05, 0) is 37.4 Å². The van der Waals surface area contributed by atoms with Gasteiger partial charge in [0.05, 0.1) is 25.6 Å². The molecule has 3 aromatic rings. The van der Waals surface area contributed by atoms with Gasteiger partial charge in [0.25, 0.3) is 0 Å². The lowest BCUT2D eigenvalue weighted by Gasteiger charge is -2.32. The van der Waals surface area contributed by atoms with Gasteiger partial charge in [-0.3, -0.25) is 9.69 Å². The molecule has 1 amide bonds. The number of carbonyl (C=O) groups is 1. The first-order valence-electron chi connectivity index (χ1n) is 10.3. The van der Waals surface area contributed by atoms with Gasteiger partial charge in [-0.1, -0.05) is 18.2 Å². The van der Waals surface area contributed by atoms with Gasteiger partial charge in [-0.15, -0.1) is 0 Å². The zero-order chi connectivity index (χ0) is 22.0. The number of para-hydroxylation sites is 1. The summed E-state index contributed by atoms with van der Waals surface area (Å²) >= 11 is 0. The van der Waals surface area contributed by atoms with E-state index in [4.69, 9.17) is 9.15 Å². The Bertz CT molecular complexity index is 1200. The van der Waals surface area contributed by atoms with Gasteiger partial charge in [0, 0.05) is 29.9 Å². The van der Waals surface area contributed by atoms with Crippen molar-refractivity contribution < 1.29 is 22.4 Å².